The van der Waals surface area contributed by atoms with Crippen molar-refractivity contribution in [3.8, 4) is 0 Å². The van der Waals surface area contributed by atoms with E-state index in [1.54, 1.807) is 0 Å². The fraction of sp³-hybridized carbons (Fsp3) is 0.188. The van der Waals surface area contributed by atoms with E-state index in [1.165, 1.54) is 21.9 Å². The van der Waals surface area contributed by atoms with E-state index < -0.39 is 0 Å². The van der Waals surface area contributed by atoms with Crippen LogP contribution in [0.3, 0.4) is 0 Å². The van der Waals surface area contributed by atoms with Crippen LogP contribution in [-0.2, 0) is 6.54 Å². The van der Waals surface area contributed by atoms with E-state index >= 15 is 0 Å². The van der Waals surface area contributed by atoms with Gasteiger partial charge in [0, 0.05) is 24.3 Å². The number of rotatable bonds is 4. The van der Waals surface area contributed by atoms with E-state index in [0.717, 1.165) is 6.54 Å². The molecule has 1 atom stereocenters. The van der Waals surface area contributed by atoms with Crippen molar-refractivity contribution in [3.63, 3.8) is 0 Å². The van der Waals surface area contributed by atoms with Gasteiger partial charge in [0.15, 0.2) is 0 Å². The Balaban J connectivity index is 1.83. The van der Waals surface area contributed by atoms with E-state index in [0.29, 0.717) is 6.04 Å². The topological polar surface area (TPSA) is 40.7 Å². The quantitative estimate of drug-likeness (QED) is 0.746. The molecule has 1 heterocycles. The van der Waals surface area contributed by atoms with Crippen LogP contribution in [0.1, 0.15) is 24.1 Å². The highest BCUT2D eigenvalue weighted by Gasteiger charge is 2.08. The Morgan fingerprint density at radius 3 is 2.84 bits per heavy atom. The molecule has 3 rings (SSSR count). The molecule has 1 unspecified atom stereocenters. The summed E-state index contributed by atoms with van der Waals surface area (Å²) in [6.45, 7) is 3.02. The summed E-state index contributed by atoms with van der Waals surface area (Å²) in [4.78, 5) is 0. The van der Waals surface area contributed by atoms with Crippen LogP contribution in [0.4, 0.5) is 0 Å². The number of aromatic amines is 1. The van der Waals surface area contributed by atoms with Gasteiger partial charge < -0.3 is 5.32 Å². The first-order valence-electron chi connectivity index (χ1n) is 6.53. The molecule has 0 spiro atoms. The lowest BCUT2D eigenvalue weighted by Crippen LogP contribution is -2.18. The van der Waals surface area contributed by atoms with Crippen molar-refractivity contribution < 1.29 is 0 Å². The van der Waals surface area contributed by atoms with Gasteiger partial charge in [0.05, 0.1) is 6.20 Å². The molecule has 0 saturated heterocycles. The summed E-state index contributed by atoms with van der Waals surface area (Å²) in [6.07, 6.45) is 3.77. The molecule has 3 nitrogen and oxygen atoms in total. The third kappa shape index (κ3) is 2.51. The van der Waals surface area contributed by atoms with Gasteiger partial charge in [0.1, 0.15) is 0 Å². The van der Waals surface area contributed by atoms with E-state index in [-0.39, 0.29) is 0 Å². The zero-order chi connectivity index (χ0) is 13.1. The van der Waals surface area contributed by atoms with Crippen LogP contribution in [0, 0.1) is 0 Å². The maximum atomic E-state index is 3.96. The van der Waals surface area contributed by atoms with Crippen LogP contribution in [-0.4, -0.2) is 10.2 Å². The zero-order valence-corrected chi connectivity index (χ0v) is 10.9. The van der Waals surface area contributed by atoms with Gasteiger partial charge in [-0.05, 0) is 23.3 Å². The van der Waals surface area contributed by atoms with Crippen LogP contribution in [0.25, 0.3) is 10.8 Å². The van der Waals surface area contributed by atoms with Crippen molar-refractivity contribution in [1.82, 2.24) is 15.5 Å². The van der Waals surface area contributed by atoms with Crippen LogP contribution < -0.4 is 5.32 Å². The Morgan fingerprint density at radius 2 is 2.00 bits per heavy atom. The second kappa shape index (κ2) is 5.24. The molecule has 0 aliphatic carbocycles. The molecule has 0 fully saturated rings. The minimum Gasteiger partial charge on any atom is -0.306 e. The maximum Gasteiger partial charge on any atom is 0.0532 e. The molecule has 3 heteroatoms. The average Bonchev–Trinajstić information content (AvgIpc) is 2.97. The predicted octanol–water partition coefficient (Wildman–Crippen LogP) is 3.41. The third-order valence-corrected chi connectivity index (χ3v) is 3.46. The predicted molar refractivity (Wildman–Crippen MR) is 77.8 cm³/mol. The van der Waals surface area contributed by atoms with Gasteiger partial charge in [-0.3, -0.25) is 5.10 Å². The molecule has 3 aromatic rings. The van der Waals surface area contributed by atoms with Crippen molar-refractivity contribution in [3.05, 3.63) is 66.0 Å². The molecule has 96 valence electrons. The van der Waals surface area contributed by atoms with E-state index in [2.05, 4.69) is 64.9 Å². The second-order valence-electron chi connectivity index (χ2n) is 4.78. The second-order valence-corrected chi connectivity index (χ2v) is 4.78. The molecule has 0 amide bonds. The highest BCUT2D eigenvalue weighted by atomic mass is 15.1. The number of fused-ring (bicyclic) bond motifs is 1. The largest absolute Gasteiger partial charge is 0.306 e. The summed E-state index contributed by atoms with van der Waals surface area (Å²) in [6, 6.07) is 15.3. The first-order valence-corrected chi connectivity index (χ1v) is 6.53. The Bertz CT molecular complexity index is 653. The van der Waals surface area contributed by atoms with Gasteiger partial charge in [-0.15, -0.1) is 0 Å². The molecule has 2 N–H and O–H groups in total. The molecule has 0 aliphatic rings. The van der Waals surface area contributed by atoms with Gasteiger partial charge in [-0.25, -0.2) is 0 Å². The third-order valence-electron chi connectivity index (χ3n) is 3.46. The number of nitrogens with one attached hydrogen (secondary N) is 2. The number of nitrogens with zero attached hydrogens (tertiary/aromatic N) is 1. The van der Waals surface area contributed by atoms with Crippen LogP contribution >= 0.6 is 0 Å². The highest BCUT2D eigenvalue weighted by molar-refractivity contribution is 5.86. The minimum absolute atomic E-state index is 0.306. The lowest BCUT2D eigenvalue weighted by molar-refractivity contribution is 0.578. The molecule has 0 bridgehead atoms. The van der Waals surface area contributed by atoms with Crippen molar-refractivity contribution in [2.75, 3.05) is 0 Å². The summed E-state index contributed by atoms with van der Waals surface area (Å²) in [5, 5.41) is 12.9. The number of aromatic nitrogens is 2. The van der Waals surface area contributed by atoms with Crippen molar-refractivity contribution in [2.45, 2.75) is 19.5 Å². The van der Waals surface area contributed by atoms with Crippen LogP contribution in [0.5, 0.6) is 0 Å². The maximum absolute atomic E-state index is 3.96. The SMILES string of the molecule is CC(NCc1cn[nH]c1)c1cccc2ccccc12. The van der Waals surface area contributed by atoms with E-state index in [9.17, 15) is 0 Å². The number of H-pyrrole nitrogens is 1. The average molecular weight is 251 g/mol. The van der Waals surface area contributed by atoms with Gasteiger partial charge in [-0.1, -0.05) is 42.5 Å². The van der Waals surface area contributed by atoms with Gasteiger partial charge >= 0.3 is 0 Å². The first-order chi connectivity index (χ1) is 9.34. The number of benzene rings is 2. The van der Waals surface area contributed by atoms with Crippen molar-refractivity contribution >= 4 is 10.8 Å². The normalized spacial score (nSPS) is 12.7. The van der Waals surface area contributed by atoms with E-state index in [4.69, 9.17) is 0 Å². The van der Waals surface area contributed by atoms with Crippen molar-refractivity contribution in [2.24, 2.45) is 0 Å². The summed E-state index contributed by atoms with van der Waals surface area (Å²) in [5.74, 6) is 0. The van der Waals surface area contributed by atoms with Gasteiger partial charge in [-0.2, -0.15) is 5.10 Å². The lowest BCUT2D eigenvalue weighted by Gasteiger charge is -2.16. The Kier molecular flexibility index (Phi) is 3.29. The number of hydrogen-bond donors (Lipinski definition) is 2. The summed E-state index contributed by atoms with van der Waals surface area (Å²) >= 11 is 0. The summed E-state index contributed by atoms with van der Waals surface area (Å²) < 4.78 is 0. The molecule has 1 aromatic heterocycles. The number of hydrogen-bond acceptors (Lipinski definition) is 2. The molecular formula is C16H17N3. The molecule has 2 aromatic carbocycles. The monoisotopic (exact) mass is 251 g/mol. The standard InChI is InChI=1S/C16H17N3/c1-12(17-9-13-10-18-19-11-13)15-8-4-6-14-5-2-3-7-16(14)15/h2-8,10-12,17H,9H2,1H3,(H,18,19). The van der Waals surface area contributed by atoms with Crippen LogP contribution in [0.2, 0.25) is 0 Å². The molecular weight excluding hydrogens is 234 g/mol. The Labute approximate surface area is 112 Å². The highest BCUT2D eigenvalue weighted by Crippen LogP contribution is 2.24. The van der Waals surface area contributed by atoms with E-state index in [1.807, 2.05) is 12.4 Å². The molecule has 19 heavy (non-hydrogen) atoms. The fourth-order valence-electron chi connectivity index (χ4n) is 2.38. The first kappa shape index (κ1) is 11.9. The molecule has 0 radical (unpaired) electrons. The lowest BCUT2D eigenvalue weighted by atomic mass is 9.99. The minimum atomic E-state index is 0.306. The Hall–Kier alpha value is -2.13. The fourth-order valence-corrected chi connectivity index (χ4v) is 2.38. The van der Waals surface area contributed by atoms with Crippen LogP contribution in [0.15, 0.2) is 54.9 Å². The Morgan fingerprint density at radius 1 is 1.16 bits per heavy atom. The summed E-state index contributed by atoms with van der Waals surface area (Å²) in [7, 11) is 0. The molecule has 0 aliphatic heterocycles. The van der Waals surface area contributed by atoms with Gasteiger partial charge in [0.2, 0.25) is 0 Å². The molecule has 0 saturated carbocycles. The smallest absolute Gasteiger partial charge is 0.0532 e. The van der Waals surface area contributed by atoms with Crippen molar-refractivity contribution in [1.29, 1.82) is 0 Å². The zero-order valence-electron chi connectivity index (χ0n) is 10.9. The summed E-state index contributed by atoms with van der Waals surface area (Å²) in [5.41, 5.74) is 2.51. The van der Waals surface area contributed by atoms with Gasteiger partial charge in [0.25, 0.3) is 0 Å².